The molecule has 0 heterocycles. The Balaban J connectivity index is 1.94. The van der Waals surface area contributed by atoms with E-state index in [1.54, 1.807) is 18.2 Å². The standard InChI is InChI=1S/C21H25N3O6S2/c1-14-4-3-5-15(12-14)20(26)24-18(10-11-31-2)21(27)30-13-19(25)23-16-6-8-17(9-7-16)32(22,28)29/h3-9,12,18H,10-11,13H2,1-2H3,(H,23,25)(H,24,26)(H2,22,28,29). The summed E-state index contributed by atoms with van der Waals surface area (Å²) < 4.78 is 27.6. The first-order valence-electron chi connectivity index (χ1n) is 9.56. The number of nitrogens with one attached hydrogen (secondary N) is 2. The van der Waals surface area contributed by atoms with Gasteiger partial charge in [0.25, 0.3) is 11.8 Å². The zero-order valence-corrected chi connectivity index (χ0v) is 19.3. The molecule has 2 aromatic carbocycles. The van der Waals surface area contributed by atoms with Gasteiger partial charge in [-0.3, -0.25) is 9.59 Å². The number of carbonyl (C=O) groups excluding carboxylic acids is 3. The zero-order chi connectivity index (χ0) is 23.7. The highest BCUT2D eigenvalue weighted by Gasteiger charge is 2.23. The maximum absolute atomic E-state index is 12.5. The van der Waals surface area contributed by atoms with Gasteiger partial charge in [0, 0.05) is 11.3 Å². The fourth-order valence-electron chi connectivity index (χ4n) is 2.67. The third-order valence-electron chi connectivity index (χ3n) is 4.29. The van der Waals surface area contributed by atoms with Crippen molar-refractivity contribution in [1.29, 1.82) is 0 Å². The molecule has 0 bridgehead atoms. The Morgan fingerprint density at radius 1 is 1.12 bits per heavy atom. The number of primary sulfonamides is 1. The SMILES string of the molecule is CSCCC(NC(=O)c1cccc(C)c1)C(=O)OCC(=O)Nc1ccc(S(N)(=O)=O)cc1. The lowest BCUT2D eigenvalue weighted by atomic mass is 10.1. The van der Waals surface area contributed by atoms with Crippen molar-refractivity contribution in [2.45, 2.75) is 24.3 Å². The van der Waals surface area contributed by atoms with E-state index in [9.17, 15) is 22.8 Å². The second-order valence-electron chi connectivity index (χ2n) is 6.90. The van der Waals surface area contributed by atoms with Crippen molar-refractivity contribution in [3.63, 3.8) is 0 Å². The van der Waals surface area contributed by atoms with E-state index in [-0.39, 0.29) is 4.90 Å². The fourth-order valence-corrected chi connectivity index (χ4v) is 3.66. The van der Waals surface area contributed by atoms with Crippen molar-refractivity contribution in [3.8, 4) is 0 Å². The maximum atomic E-state index is 12.5. The third kappa shape index (κ3) is 7.98. The van der Waals surface area contributed by atoms with Crippen LogP contribution in [0.15, 0.2) is 53.4 Å². The van der Waals surface area contributed by atoms with E-state index in [0.717, 1.165) is 5.56 Å². The minimum absolute atomic E-state index is 0.0945. The molecule has 1 unspecified atom stereocenters. The van der Waals surface area contributed by atoms with Crippen LogP contribution in [0.4, 0.5) is 5.69 Å². The molecule has 2 aromatic rings. The van der Waals surface area contributed by atoms with Gasteiger partial charge in [-0.25, -0.2) is 18.4 Å². The molecule has 0 saturated carbocycles. The van der Waals surface area contributed by atoms with Crippen molar-refractivity contribution >= 4 is 45.3 Å². The summed E-state index contributed by atoms with van der Waals surface area (Å²) >= 11 is 1.51. The van der Waals surface area contributed by atoms with Gasteiger partial charge >= 0.3 is 5.97 Å². The van der Waals surface area contributed by atoms with Crippen LogP contribution in [-0.4, -0.2) is 50.9 Å². The number of amides is 2. The molecule has 32 heavy (non-hydrogen) atoms. The van der Waals surface area contributed by atoms with E-state index in [2.05, 4.69) is 10.6 Å². The number of aryl methyl sites for hydroxylation is 1. The first-order chi connectivity index (χ1) is 15.1. The van der Waals surface area contributed by atoms with Crippen LogP contribution in [0.1, 0.15) is 22.3 Å². The zero-order valence-electron chi connectivity index (χ0n) is 17.7. The Labute approximate surface area is 191 Å². The molecule has 0 aromatic heterocycles. The molecule has 2 rings (SSSR count). The molecule has 172 valence electrons. The van der Waals surface area contributed by atoms with Gasteiger partial charge in [-0.2, -0.15) is 11.8 Å². The smallest absolute Gasteiger partial charge is 0.329 e. The van der Waals surface area contributed by atoms with E-state index >= 15 is 0 Å². The minimum Gasteiger partial charge on any atom is -0.454 e. The number of rotatable bonds is 10. The monoisotopic (exact) mass is 479 g/mol. The molecule has 11 heteroatoms. The molecule has 1 atom stereocenters. The summed E-state index contributed by atoms with van der Waals surface area (Å²) in [7, 11) is -3.84. The Bertz CT molecular complexity index is 1070. The van der Waals surface area contributed by atoms with Gasteiger partial charge in [0.1, 0.15) is 6.04 Å². The lowest BCUT2D eigenvalue weighted by Crippen LogP contribution is -2.43. The maximum Gasteiger partial charge on any atom is 0.329 e. The predicted molar refractivity (Wildman–Crippen MR) is 123 cm³/mol. The number of benzene rings is 2. The number of sulfonamides is 1. The van der Waals surface area contributed by atoms with Crippen LogP contribution in [-0.2, 0) is 24.3 Å². The third-order valence-corrected chi connectivity index (χ3v) is 5.87. The van der Waals surface area contributed by atoms with E-state index < -0.39 is 40.5 Å². The summed E-state index contributed by atoms with van der Waals surface area (Å²) in [6.45, 7) is 1.29. The van der Waals surface area contributed by atoms with Gasteiger partial charge in [-0.1, -0.05) is 17.7 Å². The fraction of sp³-hybridized carbons (Fsp3) is 0.286. The van der Waals surface area contributed by atoms with Gasteiger partial charge < -0.3 is 15.4 Å². The number of nitrogens with two attached hydrogens (primary N) is 1. The second kappa shape index (κ2) is 11.7. The highest BCUT2D eigenvalue weighted by Crippen LogP contribution is 2.13. The van der Waals surface area contributed by atoms with Gasteiger partial charge in [-0.05, 0) is 61.8 Å². The molecule has 0 aliphatic carbocycles. The van der Waals surface area contributed by atoms with Crippen LogP contribution < -0.4 is 15.8 Å². The van der Waals surface area contributed by atoms with E-state index in [1.165, 1.54) is 36.0 Å². The van der Waals surface area contributed by atoms with Gasteiger partial charge in [-0.15, -0.1) is 0 Å². The summed E-state index contributed by atoms with van der Waals surface area (Å²) in [4.78, 5) is 37.0. The molecule has 9 nitrogen and oxygen atoms in total. The average Bonchev–Trinajstić information content (AvgIpc) is 2.74. The lowest BCUT2D eigenvalue weighted by molar-refractivity contribution is -0.149. The number of hydrogen-bond donors (Lipinski definition) is 3. The van der Waals surface area contributed by atoms with Crippen molar-refractivity contribution in [3.05, 3.63) is 59.7 Å². The number of esters is 1. The Hall–Kier alpha value is -2.89. The molecule has 0 saturated heterocycles. The van der Waals surface area contributed by atoms with Gasteiger partial charge in [0.15, 0.2) is 6.61 Å². The van der Waals surface area contributed by atoms with Crippen molar-refractivity contribution in [2.24, 2.45) is 5.14 Å². The normalized spacial score (nSPS) is 12.0. The molecule has 0 fully saturated rings. The van der Waals surface area contributed by atoms with E-state index in [4.69, 9.17) is 9.88 Å². The Kier molecular flexibility index (Phi) is 9.24. The van der Waals surface area contributed by atoms with Crippen molar-refractivity contribution in [1.82, 2.24) is 5.32 Å². The average molecular weight is 480 g/mol. The van der Waals surface area contributed by atoms with Crippen LogP contribution in [0.5, 0.6) is 0 Å². The lowest BCUT2D eigenvalue weighted by Gasteiger charge is -2.17. The number of thioether (sulfide) groups is 1. The molecule has 0 radical (unpaired) electrons. The summed E-state index contributed by atoms with van der Waals surface area (Å²) in [5, 5.41) is 10.2. The first kappa shape index (κ1) is 25.4. The first-order valence-corrected chi connectivity index (χ1v) is 12.5. The molecule has 4 N–H and O–H groups in total. The molecule has 0 spiro atoms. The van der Waals surface area contributed by atoms with Crippen LogP contribution in [0.25, 0.3) is 0 Å². The number of carbonyl (C=O) groups is 3. The van der Waals surface area contributed by atoms with Crippen LogP contribution >= 0.6 is 11.8 Å². The summed E-state index contributed by atoms with van der Waals surface area (Å²) in [6.07, 6.45) is 2.22. The molecule has 0 aliphatic rings. The Morgan fingerprint density at radius 3 is 2.41 bits per heavy atom. The summed E-state index contributed by atoms with van der Waals surface area (Å²) in [5.74, 6) is -1.14. The summed E-state index contributed by atoms with van der Waals surface area (Å²) in [5.41, 5.74) is 1.65. The molecular weight excluding hydrogens is 454 g/mol. The molecular formula is C21H25N3O6S2. The number of hydrogen-bond acceptors (Lipinski definition) is 7. The highest BCUT2D eigenvalue weighted by molar-refractivity contribution is 7.98. The topological polar surface area (TPSA) is 145 Å². The van der Waals surface area contributed by atoms with Crippen molar-refractivity contribution in [2.75, 3.05) is 23.9 Å². The Morgan fingerprint density at radius 2 is 1.81 bits per heavy atom. The van der Waals surface area contributed by atoms with E-state index in [1.807, 2.05) is 19.2 Å². The number of ether oxygens (including phenoxy) is 1. The van der Waals surface area contributed by atoms with E-state index in [0.29, 0.717) is 23.4 Å². The van der Waals surface area contributed by atoms with Crippen LogP contribution in [0.2, 0.25) is 0 Å². The summed E-state index contributed by atoms with van der Waals surface area (Å²) in [6, 6.07) is 11.3. The largest absolute Gasteiger partial charge is 0.454 e. The van der Waals surface area contributed by atoms with Gasteiger partial charge in [0.2, 0.25) is 10.0 Å². The minimum atomic E-state index is -3.84. The quantitative estimate of drug-likeness (QED) is 0.440. The van der Waals surface area contributed by atoms with Crippen molar-refractivity contribution < 1.29 is 27.5 Å². The predicted octanol–water partition coefficient (Wildman–Crippen LogP) is 1.68. The number of anilines is 1. The highest BCUT2D eigenvalue weighted by atomic mass is 32.2. The molecule has 2 amide bonds. The second-order valence-corrected chi connectivity index (χ2v) is 9.45. The van der Waals surface area contributed by atoms with Crippen LogP contribution in [0.3, 0.4) is 0 Å². The van der Waals surface area contributed by atoms with Gasteiger partial charge in [0.05, 0.1) is 4.90 Å². The van der Waals surface area contributed by atoms with Crippen LogP contribution in [0, 0.1) is 6.92 Å². The molecule has 0 aliphatic heterocycles.